The van der Waals surface area contributed by atoms with E-state index in [0.29, 0.717) is 30.1 Å². The Kier molecular flexibility index (Phi) is 6.32. The van der Waals surface area contributed by atoms with Crippen molar-refractivity contribution in [3.05, 3.63) is 57.9 Å². The number of benzene rings is 2. The summed E-state index contributed by atoms with van der Waals surface area (Å²) in [6.45, 7) is 6.72. The minimum absolute atomic E-state index is 0.0841. The first-order valence-electron chi connectivity index (χ1n) is 9.69. The van der Waals surface area contributed by atoms with Gasteiger partial charge in [-0.05, 0) is 50.6 Å². The smallest absolute Gasteiger partial charge is 0.315 e. The Morgan fingerprint density at radius 1 is 1.23 bits per heavy atom. The van der Waals surface area contributed by atoms with Crippen molar-refractivity contribution in [2.45, 2.75) is 27.3 Å². The lowest BCUT2D eigenvalue weighted by molar-refractivity contribution is -0.386. The first kappa shape index (κ1) is 20.9. The summed E-state index contributed by atoms with van der Waals surface area (Å²) in [4.78, 5) is 15.7. The van der Waals surface area contributed by atoms with Crippen molar-refractivity contribution < 1.29 is 14.4 Å². The monoisotopic (exact) mass is 406 g/mol. The second kappa shape index (κ2) is 9.09. The van der Waals surface area contributed by atoms with Gasteiger partial charge in [-0.15, -0.1) is 0 Å². The van der Waals surface area contributed by atoms with Gasteiger partial charge in [-0.2, -0.15) is 5.26 Å². The molecule has 0 atom stereocenters. The molecule has 154 valence electrons. The fourth-order valence-electron chi connectivity index (χ4n) is 3.29. The van der Waals surface area contributed by atoms with Gasteiger partial charge < -0.3 is 14.0 Å². The number of ether oxygens (including phenoxy) is 2. The third-order valence-corrected chi connectivity index (χ3v) is 4.49. The summed E-state index contributed by atoms with van der Waals surface area (Å²) in [7, 11) is 0. The minimum atomic E-state index is -0.516. The third kappa shape index (κ3) is 3.96. The second-order valence-electron chi connectivity index (χ2n) is 6.33. The fraction of sp³-hybridized carbons (Fsp3) is 0.273. The van der Waals surface area contributed by atoms with Gasteiger partial charge >= 0.3 is 5.69 Å². The number of imidazole rings is 1. The van der Waals surface area contributed by atoms with Crippen LogP contribution < -0.4 is 9.47 Å². The number of nitriles is 1. The zero-order valence-corrected chi connectivity index (χ0v) is 17.1. The number of rotatable bonds is 8. The molecule has 0 aliphatic heterocycles. The van der Waals surface area contributed by atoms with Crippen LogP contribution in [-0.2, 0) is 6.54 Å². The zero-order chi connectivity index (χ0) is 21.7. The number of nitrogens with zero attached hydrogens (tertiary/aromatic N) is 4. The van der Waals surface area contributed by atoms with Crippen LogP contribution in [0.4, 0.5) is 5.69 Å². The van der Waals surface area contributed by atoms with E-state index in [1.165, 1.54) is 6.07 Å². The normalized spacial score (nSPS) is 11.3. The Bertz CT molecular complexity index is 1160. The molecule has 8 heteroatoms. The van der Waals surface area contributed by atoms with E-state index in [9.17, 15) is 15.4 Å². The topological polar surface area (TPSA) is 103 Å². The zero-order valence-electron chi connectivity index (χ0n) is 17.1. The first-order chi connectivity index (χ1) is 14.5. The SMILES string of the molecule is CCOc1cc(/C=C(/C#N)c2nc3ccccc3n2CC)cc([N+](=O)[O-])c1OCC. The van der Waals surface area contributed by atoms with Crippen molar-refractivity contribution in [2.24, 2.45) is 0 Å². The quantitative estimate of drug-likeness (QED) is 0.302. The number of hydrogen-bond acceptors (Lipinski definition) is 6. The van der Waals surface area contributed by atoms with Crippen LogP contribution in [0.25, 0.3) is 22.7 Å². The van der Waals surface area contributed by atoms with Crippen molar-refractivity contribution in [2.75, 3.05) is 13.2 Å². The molecular formula is C22H22N4O4. The number of nitro benzene ring substituents is 1. The van der Waals surface area contributed by atoms with Crippen molar-refractivity contribution in [1.82, 2.24) is 9.55 Å². The van der Waals surface area contributed by atoms with Crippen molar-refractivity contribution >= 4 is 28.4 Å². The van der Waals surface area contributed by atoms with Gasteiger partial charge in [-0.1, -0.05) is 12.1 Å². The van der Waals surface area contributed by atoms with Gasteiger partial charge in [0.1, 0.15) is 6.07 Å². The molecule has 0 aliphatic carbocycles. The highest BCUT2D eigenvalue weighted by molar-refractivity contribution is 5.91. The Morgan fingerprint density at radius 2 is 1.97 bits per heavy atom. The van der Waals surface area contributed by atoms with E-state index in [2.05, 4.69) is 11.1 Å². The maximum absolute atomic E-state index is 11.6. The molecule has 8 nitrogen and oxygen atoms in total. The summed E-state index contributed by atoms with van der Waals surface area (Å²) in [6, 6.07) is 12.8. The van der Waals surface area contributed by atoms with E-state index in [1.54, 1.807) is 26.0 Å². The van der Waals surface area contributed by atoms with Gasteiger partial charge in [0.2, 0.25) is 5.75 Å². The summed E-state index contributed by atoms with van der Waals surface area (Å²) < 4.78 is 13.0. The van der Waals surface area contributed by atoms with E-state index in [0.717, 1.165) is 11.0 Å². The molecule has 0 unspecified atom stereocenters. The number of aromatic nitrogens is 2. The van der Waals surface area contributed by atoms with Gasteiger partial charge in [0, 0.05) is 12.6 Å². The number of para-hydroxylation sites is 2. The maximum atomic E-state index is 11.6. The molecule has 0 saturated heterocycles. The van der Waals surface area contributed by atoms with Crippen LogP contribution in [0.2, 0.25) is 0 Å². The molecule has 0 bridgehead atoms. The average molecular weight is 406 g/mol. The van der Waals surface area contributed by atoms with Crippen molar-refractivity contribution in [3.63, 3.8) is 0 Å². The first-order valence-corrected chi connectivity index (χ1v) is 9.69. The van der Waals surface area contributed by atoms with Crippen LogP contribution in [0, 0.1) is 21.4 Å². The largest absolute Gasteiger partial charge is 0.490 e. The molecule has 0 aliphatic rings. The van der Waals surface area contributed by atoms with Gasteiger partial charge in [0.25, 0.3) is 0 Å². The van der Waals surface area contributed by atoms with E-state index in [4.69, 9.17) is 9.47 Å². The number of fused-ring (bicyclic) bond motifs is 1. The number of allylic oxidation sites excluding steroid dienone is 1. The molecule has 3 aromatic rings. The lowest BCUT2D eigenvalue weighted by Gasteiger charge is -2.12. The second-order valence-corrected chi connectivity index (χ2v) is 6.33. The Morgan fingerprint density at radius 3 is 2.60 bits per heavy atom. The molecular weight excluding hydrogens is 384 g/mol. The Balaban J connectivity index is 2.19. The highest BCUT2D eigenvalue weighted by Gasteiger charge is 2.23. The van der Waals surface area contributed by atoms with Gasteiger partial charge in [-0.3, -0.25) is 10.1 Å². The number of aryl methyl sites for hydroxylation is 1. The molecule has 1 aromatic heterocycles. The molecule has 1 heterocycles. The van der Waals surface area contributed by atoms with Gasteiger partial charge in [0.15, 0.2) is 11.6 Å². The molecule has 0 amide bonds. The highest BCUT2D eigenvalue weighted by atomic mass is 16.6. The molecule has 0 radical (unpaired) electrons. The third-order valence-electron chi connectivity index (χ3n) is 4.49. The maximum Gasteiger partial charge on any atom is 0.315 e. The molecule has 0 saturated carbocycles. The lowest BCUT2D eigenvalue weighted by Crippen LogP contribution is -2.03. The number of hydrogen-bond donors (Lipinski definition) is 0. The van der Waals surface area contributed by atoms with Crippen LogP contribution >= 0.6 is 0 Å². The summed E-state index contributed by atoms with van der Waals surface area (Å²) in [5, 5.41) is 21.4. The molecule has 0 N–H and O–H groups in total. The lowest BCUT2D eigenvalue weighted by atomic mass is 10.1. The van der Waals surface area contributed by atoms with Crippen molar-refractivity contribution in [3.8, 4) is 17.6 Å². The summed E-state index contributed by atoms with van der Waals surface area (Å²) in [5.41, 5.74) is 2.25. The van der Waals surface area contributed by atoms with Gasteiger partial charge in [-0.25, -0.2) is 4.98 Å². The summed E-state index contributed by atoms with van der Waals surface area (Å²) in [6.07, 6.45) is 1.58. The molecule has 2 aromatic carbocycles. The molecule has 0 fully saturated rings. The predicted octanol–water partition coefficient (Wildman–Crippen LogP) is 4.83. The Labute approximate surface area is 174 Å². The van der Waals surface area contributed by atoms with Crippen LogP contribution in [0.5, 0.6) is 11.5 Å². The fourth-order valence-corrected chi connectivity index (χ4v) is 3.29. The van der Waals surface area contributed by atoms with E-state index in [1.807, 2.05) is 35.8 Å². The summed E-state index contributed by atoms with van der Waals surface area (Å²) >= 11 is 0. The minimum Gasteiger partial charge on any atom is -0.490 e. The van der Waals surface area contributed by atoms with Crippen LogP contribution in [0.1, 0.15) is 32.2 Å². The van der Waals surface area contributed by atoms with E-state index in [-0.39, 0.29) is 23.8 Å². The van der Waals surface area contributed by atoms with Crippen LogP contribution in [0.3, 0.4) is 0 Å². The predicted molar refractivity (Wildman–Crippen MR) is 114 cm³/mol. The van der Waals surface area contributed by atoms with Crippen molar-refractivity contribution in [1.29, 1.82) is 5.26 Å². The molecule has 3 rings (SSSR count). The van der Waals surface area contributed by atoms with Gasteiger partial charge in [0.05, 0.1) is 34.7 Å². The molecule has 30 heavy (non-hydrogen) atoms. The average Bonchev–Trinajstić information content (AvgIpc) is 3.12. The van der Waals surface area contributed by atoms with Crippen LogP contribution in [-0.4, -0.2) is 27.7 Å². The standard InChI is InChI=1S/C22H22N4O4/c1-4-25-18-10-8-7-9-17(18)24-22(25)16(14-23)11-15-12-19(26(27)28)21(30-6-3)20(13-15)29-5-2/h7-13H,4-6H2,1-3H3/b16-11-. The summed E-state index contributed by atoms with van der Waals surface area (Å²) in [5.74, 6) is 0.859. The van der Waals surface area contributed by atoms with E-state index >= 15 is 0 Å². The Hall–Kier alpha value is -3.86. The number of nitro groups is 1. The highest BCUT2D eigenvalue weighted by Crippen LogP contribution is 2.39. The van der Waals surface area contributed by atoms with Crippen LogP contribution in [0.15, 0.2) is 36.4 Å². The molecule has 0 spiro atoms. The van der Waals surface area contributed by atoms with E-state index < -0.39 is 4.92 Å².